The van der Waals surface area contributed by atoms with Crippen molar-refractivity contribution >= 4 is 11.8 Å². The Morgan fingerprint density at radius 2 is 1.59 bits per heavy atom. The molecule has 2 fully saturated rings. The van der Waals surface area contributed by atoms with Crippen LogP contribution in [-0.4, -0.2) is 41.5 Å². The molecule has 126 valence electrons. The molecular formula is C17H30N2O3. The second-order valence-corrected chi connectivity index (χ2v) is 7.75. The van der Waals surface area contributed by atoms with E-state index in [0.29, 0.717) is 13.0 Å². The topological polar surface area (TPSA) is 67.4 Å². The van der Waals surface area contributed by atoms with Gasteiger partial charge in [0.1, 0.15) is 18.8 Å². The molecule has 0 aromatic rings. The Kier molecular flexibility index (Phi) is 4.97. The SMILES string of the molecule is CC1(C)NC(C)(C)C12COC(=O)CC(=O)CCCCCCN2. The van der Waals surface area contributed by atoms with Gasteiger partial charge in [0.05, 0.1) is 5.54 Å². The maximum absolute atomic E-state index is 12.0. The highest BCUT2D eigenvalue weighted by molar-refractivity contribution is 5.95. The summed E-state index contributed by atoms with van der Waals surface area (Å²) in [5.74, 6) is -0.402. The van der Waals surface area contributed by atoms with Gasteiger partial charge in [0.2, 0.25) is 0 Å². The molecule has 0 aliphatic carbocycles. The third-order valence-electron chi connectivity index (χ3n) is 5.36. The lowest BCUT2D eigenvalue weighted by Crippen LogP contribution is -2.92. The van der Waals surface area contributed by atoms with Crippen LogP contribution in [0, 0.1) is 0 Å². The first-order valence-corrected chi connectivity index (χ1v) is 8.42. The van der Waals surface area contributed by atoms with E-state index in [-0.39, 0.29) is 28.8 Å². The van der Waals surface area contributed by atoms with Crippen molar-refractivity contribution in [2.45, 2.75) is 82.8 Å². The smallest absolute Gasteiger partial charge is 0.313 e. The number of Topliss-reactive ketones (excluding diaryl/α,β-unsaturated/α-hetero) is 1. The Morgan fingerprint density at radius 3 is 2.23 bits per heavy atom. The number of nitrogens with one attached hydrogen (secondary N) is 2. The van der Waals surface area contributed by atoms with Crippen LogP contribution in [0.15, 0.2) is 0 Å². The molecule has 0 amide bonds. The molecule has 0 aromatic heterocycles. The number of esters is 1. The fourth-order valence-corrected chi connectivity index (χ4v) is 4.16. The Balaban J connectivity index is 2.14. The summed E-state index contributed by atoms with van der Waals surface area (Å²) in [6.45, 7) is 9.71. The zero-order chi connectivity index (χ0) is 16.4. The monoisotopic (exact) mass is 310 g/mol. The van der Waals surface area contributed by atoms with Crippen molar-refractivity contribution in [2.24, 2.45) is 0 Å². The standard InChI is InChI=1S/C17H30N2O3/c1-15(2)17(16(3,4)19-15)12-22-14(21)11-13(20)9-7-5-6-8-10-18-17/h18-19H,5-12H2,1-4H3. The van der Waals surface area contributed by atoms with Gasteiger partial charge in [-0.05, 0) is 47.1 Å². The van der Waals surface area contributed by atoms with Gasteiger partial charge in [-0.1, -0.05) is 12.8 Å². The van der Waals surface area contributed by atoms with Crippen LogP contribution in [0.3, 0.4) is 0 Å². The molecule has 5 nitrogen and oxygen atoms in total. The zero-order valence-electron chi connectivity index (χ0n) is 14.4. The van der Waals surface area contributed by atoms with E-state index in [1.807, 2.05) is 0 Å². The van der Waals surface area contributed by atoms with E-state index >= 15 is 0 Å². The van der Waals surface area contributed by atoms with Crippen molar-refractivity contribution in [1.29, 1.82) is 0 Å². The molecule has 2 rings (SSSR count). The van der Waals surface area contributed by atoms with E-state index in [4.69, 9.17) is 4.74 Å². The Labute approximate surface area is 133 Å². The number of rotatable bonds is 0. The second-order valence-electron chi connectivity index (χ2n) is 7.75. The van der Waals surface area contributed by atoms with Crippen LogP contribution in [0.2, 0.25) is 0 Å². The van der Waals surface area contributed by atoms with Crippen molar-refractivity contribution in [2.75, 3.05) is 13.2 Å². The number of carbonyl (C=O) groups excluding carboxylic acids is 2. The van der Waals surface area contributed by atoms with Crippen LogP contribution in [0.1, 0.15) is 66.2 Å². The third-order valence-corrected chi connectivity index (χ3v) is 5.36. The van der Waals surface area contributed by atoms with Crippen LogP contribution in [0.25, 0.3) is 0 Å². The molecule has 0 saturated carbocycles. The molecule has 0 aromatic carbocycles. The van der Waals surface area contributed by atoms with Gasteiger partial charge in [-0.15, -0.1) is 0 Å². The molecule has 0 unspecified atom stereocenters. The molecule has 1 spiro atoms. The summed E-state index contributed by atoms with van der Waals surface area (Å²) in [6.07, 6.45) is 4.50. The molecular weight excluding hydrogens is 280 g/mol. The second kappa shape index (κ2) is 6.28. The largest absolute Gasteiger partial charge is 0.463 e. The molecule has 2 aliphatic heterocycles. The van der Waals surface area contributed by atoms with E-state index in [1.54, 1.807) is 0 Å². The lowest BCUT2D eigenvalue weighted by atomic mass is 9.58. The van der Waals surface area contributed by atoms with Gasteiger partial charge < -0.3 is 15.4 Å². The highest BCUT2D eigenvalue weighted by Gasteiger charge is 2.65. The third kappa shape index (κ3) is 3.20. The summed E-state index contributed by atoms with van der Waals surface area (Å²) in [5, 5.41) is 7.20. The van der Waals surface area contributed by atoms with Crippen LogP contribution in [0.5, 0.6) is 0 Å². The summed E-state index contributed by atoms with van der Waals surface area (Å²) >= 11 is 0. The number of cyclic esters (lactones) is 1. The average Bonchev–Trinajstić information content (AvgIpc) is 2.39. The minimum atomic E-state index is -0.399. The van der Waals surface area contributed by atoms with Gasteiger partial charge in [0.15, 0.2) is 0 Å². The van der Waals surface area contributed by atoms with E-state index in [0.717, 1.165) is 32.2 Å². The van der Waals surface area contributed by atoms with E-state index in [2.05, 4.69) is 38.3 Å². The van der Waals surface area contributed by atoms with Gasteiger partial charge in [-0.2, -0.15) is 0 Å². The highest BCUT2D eigenvalue weighted by Crippen LogP contribution is 2.44. The molecule has 0 atom stereocenters. The number of carbonyl (C=O) groups is 2. The molecule has 2 N–H and O–H groups in total. The number of hydrogen-bond donors (Lipinski definition) is 2. The summed E-state index contributed by atoms with van der Waals surface area (Å²) < 4.78 is 5.49. The summed E-state index contributed by atoms with van der Waals surface area (Å²) in [7, 11) is 0. The van der Waals surface area contributed by atoms with Gasteiger partial charge in [0.25, 0.3) is 0 Å². The number of hydrogen-bond acceptors (Lipinski definition) is 5. The lowest BCUT2D eigenvalue weighted by molar-refractivity contribution is -0.158. The highest BCUT2D eigenvalue weighted by atomic mass is 16.5. The van der Waals surface area contributed by atoms with Gasteiger partial charge >= 0.3 is 5.97 Å². The Hall–Kier alpha value is -0.940. The first-order valence-electron chi connectivity index (χ1n) is 8.42. The van der Waals surface area contributed by atoms with Crippen molar-refractivity contribution in [3.8, 4) is 0 Å². The minimum Gasteiger partial charge on any atom is -0.463 e. The summed E-state index contributed by atoms with van der Waals surface area (Å²) in [4.78, 5) is 23.7. The summed E-state index contributed by atoms with van der Waals surface area (Å²) in [6, 6.07) is 0. The molecule has 0 radical (unpaired) electrons. The molecule has 2 saturated heterocycles. The average molecular weight is 310 g/mol. The molecule has 2 heterocycles. The lowest BCUT2D eigenvalue weighted by Gasteiger charge is -2.68. The Bertz CT molecular complexity index is 429. The normalized spacial score (nSPS) is 28.7. The van der Waals surface area contributed by atoms with E-state index in [9.17, 15) is 9.59 Å². The minimum absolute atomic E-state index is 0.00323. The Morgan fingerprint density at radius 1 is 0.955 bits per heavy atom. The first-order chi connectivity index (χ1) is 10.2. The van der Waals surface area contributed by atoms with Crippen molar-refractivity contribution in [3.63, 3.8) is 0 Å². The van der Waals surface area contributed by atoms with Crippen LogP contribution >= 0.6 is 0 Å². The summed E-state index contributed by atoms with van der Waals surface area (Å²) in [5.41, 5.74) is -0.644. The van der Waals surface area contributed by atoms with Crippen molar-refractivity contribution in [3.05, 3.63) is 0 Å². The van der Waals surface area contributed by atoms with Crippen LogP contribution in [-0.2, 0) is 14.3 Å². The predicted octanol–water partition coefficient (Wildman–Crippen LogP) is 1.94. The van der Waals surface area contributed by atoms with Gasteiger partial charge in [-0.3, -0.25) is 9.59 Å². The van der Waals surface area contributed by atoms with Gasteiger partial charge in [-0.25, -0.2) is 0 Å². The van der Waals surface area contributed by atoms with Crippen molar-refractivity contribution in [1.82, 2.24) is 10.6 Å². The maximum Gasteiger partial charge on any atom is 0.313 e. The molecule has 22 heavy (non-hydrogen) atoms. The molecule has 5 heteroatoms. The number of ketones is 1. The van der Waals surface area contributed by atoms with Crippen LogP contribution < -0.4 is 10.6 Å². The fourth-order valence-electron chi connectivity index (χ4n) is 4.16. The maximum atomic E-state index is 12.0. The zero-order valence-corrected chi connectivity index (χ0v) is 14.4. The predicted molar refractivity (Wildman–Crippen MR) is 85.7 cm³/mol. The molecule has 0 bridgehead atoms. The van der Waals surface area contributed by atoms with Crippen molar-refractivity contribution < 1.29 is 14.3 Å². The molecule has 2 aliphatic rings. The van der Waals surface area contributed by atoms with E-state index in [1.165, 1.54) is 0 Å². The quantitative estimate of drug-likeness (QED) is 0.529. The number of ether oxygens (including phenoxy) is 1. The van der Waals surface area contributed by atoms with Crippen LogP contribution in [0.4, 0.5) is 0 Å². The fraction of sp³-hybridized carbons (Fsp3) is 0.882. The van der Waals surface area contributed by atoms with E-state index < -0.39 is 5.97 Å². The van der Waals surface area contributed by atoms with Gasteiger partial charge in [0, 0.05) is 17.5 Å². The first kappa shape index (κ1) is 17.4.